The van der Waals surface area contributed by atoms with Gasteiger partial charge in [-0.1, -0.05) is 12.1 Å². The Bertz CT molecular complexity index is 899. The standard InChI is InChI=1S/C19H21N5OS/c1-23-11-7-13(8-12-23)24(2)19(25)17-16(20-9-10-21-17)18-22-14-5-3-4-6-15(14)26-18/h3-6,9-10,13H,7-8,11-12H2,1-2H3. The number of rotatable bonds is 3. The monoisotopic (exact) mass is 367 g/mol. The molecule has 26 heavy (non-hydrogen) atoms. The number of piperidine rings is 1. The molecular formula is C19H21N5OS. The Morgan fingerprint density at radius 3 is 2.69 bits per heavy atom. The van der Waals surface area contributed by atoms with E-state index in [4.69, 9.17) is 0 Å². The van der Waals surface area contributed by atoms with Gasteiger partial charge >= 0.3 is 0 Å². The molecule has 6 nitrogen and oxygen atoms in total. The van der Waals surface area contributed by atoms with Gasteiger partial charge in [0, 0.05) is 25.5 Å². The van der Waals surface area contributed by atoms with Crippen LogP contribution in [0.1, 0.15) is 23.3 Å². The van der Waals surface area contributed by atoms with Crippen LogP contribution < -0.4 is 0 Å². The van der Waals surface area contributed by atoms with Crippen molar-refractivity contribution in [2.24, 2.45) is 0 Å². The number of likely N-dealkylation sites (tertiary alicyclic amines) is 1. The molecule has 0 radical (unpaired) electrons. The van der Waals surface area contributed by atoms with Crippen molar-refractivity contribution in [3.05, 3.63) is 42.4 Å². The molecule has 0 N–H and O–H groups in total. The van der Waals surface area contributed by atoms with Gasteiger partial charge in [0.25, 0.3) is 5.91 Å². The Morgan fingerprint density at radius 1 is 1.19 bits per heavy atom. The van der Waals surface area contributed by atoms with Crippen molar-refractivity contribution in [3.63, 3.8) is 0 Å². The summed E-state index contributed by atoms with van der Waals surface area (Å²) in [4.78, 5) is 30.7. The van der Waals surface area contributed by atoms with Crippen LogP contribution in [-0.2, 0) is 0 Å². The summed E-state index contributed by atoms with van der Waals surface area (Å²) >= 11 is 1.54. The number of thiazole rings is 1. The summed E-state index contributed by atoms with van der Waals surface area (Å²) in [6.07, 6.45) is 5.16. The fourth-order valence-electron chi connectivity index (χ4n) is 3.34. The number of hydrogen-bond donors (Lipinski definition) is 0. The molecule has 7 heteroatoms. The van der Waals surface area contributed by atoms with E-state index in [1.54, 1.807) is 12.4 Å². The molecular weight excluding hydrogens is 346 g/mol. The van der Waals surface area contributed by atoms with Gasteiger partial charge < -0.3 is 9.80 Å². The predicted octanol–water partition coefficient (Wildman–Crippen LogP) is 2.92. The molecule has 1 saturated heterocycles. The van der Waals surface area contributed by atoms with E-state index in [0.29, 0.717) is 11.4 Å². The summed E-state index contributed by atoms with van der Waals surface area (Å²) in [5.41, 5.74) is 1.87. The Balaban J connectivity index is 1.65. The zero-order valence-electron chi connectivity index (χ0n) is 14.9. The molecule has 2 aromatic heterocycles. The predicted molar refractivity (Wildman–Crippen MR) is 103 cm³/mol. The third-order valence-electron chi connectivity index (χ3n) is 4.95. The molecule has 134 valence electrons. The van der Waals surface area contributed by atoms with Crippen LogP contribution in [-0.4, -0.2) is 63.9 Å². The minimum Gasteiger partial charge on any atom is -0.337 e. The van der Waals surface area contributed by atoms with Crippen LogP contribution in [0.3, 0.4) is 0 Å². The maximum atomic E-state index is 13.1. The van der Waals surface area contributed by atoms with Crippen molar-refractivity contribution in [2.45, 2.75) is 18.9 Å². The van der Waals surface area contributed by atoms with Crippen molar-refractivity contribution in [2.75, 3.05) is 27.2 Å². The first-order valence-corrected chi connectivity index (χ1v) is 9.58. The number of carbonyl (C=O) groups excluding carboxylic acids is 1. The van der Waals surface area contributed by atoms with Crippen LogP contribution in [0.4, 0.5) is 0 Å². The Morgan fingerprint density at radius 2 is 1.92 bits per heavy atom. The van der Waals surface area contributed by atoms with Crippen molar-refractivity contribution in [1.82, 2.24) is 24.8 Å². The third kappa shape index (κ3) is 3.20. The Kier molecular flexibility index (Phi) is 4.65. The molecule has 0 spiro atoms. The van der Waals surface area contributed by atoms with Crippen LogP contribution in [0.25, 0.3) is 20.9 Å². The lowest BCUT2D eigenvalue weighted by Gasteiger charge is -2.35. The van der Waals surface area contributed by atoms with Gasteiger partial charge in [0.05, 0.1) is 10.2 Å². The van der Waals surface area contributed by atoms with Gasteiger partial charge in [-0.3, -0.25) is 4.79 Å². The first kappa shape index (κ1) is 17.1. The van der Waals surface area contributed by atoms with Crippen molar-refractivity contribution >= 4 is 27.5 Å². The highest BCUT2D eigenvalue weighted by Gasteiger charge is 2.28. The van der Waals surface area contributed by atoms with E-state index in [-0.39, 0.29) is 11.9 Å². The van der Waals surface area contributed by atoms with E-state index in [9.17, 15) is 4.79 Å². The fraction of sp³-hybridized carbons (Fsp3) is 0.368. The summed E-state index contributed by atoms with van der Waals surface area (Å²) in [5, 5.41) is 0.736. The molecule has 1 aliphatic rings. The van der Waals surface area contributed by atoms with E-state index in [1.807, 2.05) is 36.2 Å². The number of hydrogen-bond acceptors (Lipinski definition) is 6. The van der Waals surface area contributed by atoms with Crippen LogP contribution in [0, 0.1) is 0 Å². The van der Waals surface area contributed by atoms with Crippen LogP contribution in [0.15, 0.2) is 36.7 Å². The van der Waals surface area contributed by atoms with Gasteiger partial charge in [0.1, 0.15) is 10.7 Å². The lowest BCUT2D eigenvalue weighted by atomic mass is 10.0. The molecule has 3 heterocycles. The van der Waals surface area contributed by atoms with Gasteiger partial charge in [0.2, 0.25) is 0 Å². The minimum atomic E-state index is -0.0816. The number of benzene rings is 1. The largest absolute Gasteiger partial charge is 0.337 e. The van der Waals surface area contributed by atoms with Crippen LogP contribution in [0.5, 0.6) is 0 Å². The zero-order chi connectivity index (χ0) is 18.1. The highest BCUT2D eigenvalue weighted by Crippen LogP contribution is 2.30. The Hall–Kier alpha value is -2.38. The second-order valence-electron chi connectivity index (χ2n) is 6.69. The molecule has 1 aromatic carbocycles. The van der Waals surface area contributed by atoms with Crippen molar-refractivity contribution < 1.29 is 4.79 Å². The topological polar surface area (TPSA) is 62.2 Å². The highest BCUT2D eigenvalue weighted by atomic mass is 32.1. The first-order valence-electron chi connectivity index (χ1n) is 8.76. The maximum Gasteiger partial charge on any atom is 0.274 e. The quantitative estimate of drug-likeness (QED) is 0.712. The lowest BCUT2D eigenvalue weighted by Crippen LogP contribution is -2.44. The average molecular weight is 367 g/mol. The summed E-state index contributed by atoms with van der Waals surface area (Å²) in [5.74, 6) is -0.0816. The summed E-state index contributed by atoms with van der Waals surface area (Å²) in [7, 11) is 3.99. The first-order chi connectivity index (χ1) is 12.6. The summed E-state index contributed by atoms with van der Waals surface area (Å²) in [6.45, 7) is 2.01. The summed E-state index contributed by atoms with van der Waals surface area (Å²) in [6, 6.07) is 8.18. The molecule has 3 aromatic rings. The van der Waals surface area contributed by atoms with E-state index < -0.39 is 0 Å². The maximum absolute atomic E-state index is 13.1. The molecule has 0 aliphatic carbocycles. The molecule has 0 bridgehead atoms. The van der Waals surface area contributed by atoms with Crippen LogP contribution >= 0.6 is 11.3 Å². The van der Waals surface area contributed by atoms with E-state index in [1.165, 1.54) is 11.3 Å². The number of aromatic nitrogens is 3. The molecule has 1 aliphatic heterocycles. The van der Waals surface area contributed by atoms with Gasteiger partial charge in [-0.05, 0) is 45.1 Å². The molecule has 0 saturated carbocycles. The molecule has 0 atom stereocenters. The SMILES string of the molecule is CN1CCC(N(C)C(=O)c2nccnc2-c2nc3ccccc3s2)CC1. The normalized spacial score (nSPS) is 16.1. The van der Waals surface area contributed by atoms with Gasteiger partial charge in [0.15, 0.2) is 5.69 Å². The number of fused-ring (bicyclic) bond motifs is 1. The minimum absolute atomic E-state index is 0.0816. The van der Waals surface area contributed by atoms with Crippen molar-refractivity contribution in [1.29, 1.82) is 0 Å². The molecule has 4 rings (SSSR count). The van der Waals surface area contributed by atoms with E-state index >= 15 is 0 Å². The lowest BCUT2D eigenvalue weighted by molar-refractivity contribution is 0.0654. The second-order valence-corrected chi connectivity index (χ2v) is 7.72. The second kappa shape index (κ2) is 7.09. The van der Waals surface area contributed by atoms with Gasteiger partial charge in [-0.25, -0.2) is 15.0 Å². The van der Waals surface area contributed by atoms with E-state index in [0.717, 1.165) is 41.2 Å². The highest BCUT2D eigenvalue weighted by molar-refractivity contribution is 7.21. The number of para-hydroxylation sites is 1. The van der Waals surface area contributed by atoms with Crippen LogP contribution in [0.2, 0.25) is 0 Å². The number of amides is 1. The molecule has 1 fully saturated rings. The Labute approximate surface area is 156 Å². The molecule has 0 unspecified atom stereocenters. The number of nitrogens with zero attached hydrogens (tertiary/aromatic N) is 5. The average Bonchev–Trinajstić information content (AvgIpc) is 3.11. The van der Waals surface area contributed by atoms with Gasteiger partial charge in [-0.2, -0.15) is 0 Å². The summed E-state index contributed by atoms with van der Waals surface area (Å²) < 4.78 is 1.08. The van der Waals surface area contributed by atoms with E-state index in [2.05, 4.69) is 26.9 Å². The number of carbonyl (C=O) groups is 1. The smallest absolute Gasteiger partial charge is 0.274 e. The third-order valence-corrected chi connectivity index (χ3v) is 6.00. The zero-order valence-corrected chi connectivity index (χ0v) is 15.7. The van der Waals surface area contributed by atoms with Crippen molar-refractivity contribution in [3.8, 4) is 10.7 Å². The fourth-order valence-corrected chi connectivity index (χ4v) is 4.30. The van der Waals surface area contributed by atoms with Gasteiger partial charge in [-0.15, -0.1) is 11.3 Å². The molecule has 1 amide bonds.